The highest BCUT2D eigenvalue weighted by molar-refractivity contribution is 5.80. The van der Waals surface area contributed by atoms with Gasteiger partial charge in [-0.3, -0.25) is 4.79 Å². The van der Waals surface area contributed by atoms with Gasteiger partial charge < -0.3 is 25.7 Å². The van der Waals surface area contributed by atoms with Crippen LogP contribution in [0.5, 0.6) is 0 Å². The van der Waals surface area contributed by atoms with E-state index in [0.717, 1.165) is 38.5 Å². The second-order valence-electron chi connectivity index (χ2n) is 10.1. The maximum absolute atomic E-state index is 12.3. The fraction of sp³-hybridized carbons (Fsp3) is 0.964. The van der Waals surface area contributed by atoms with E-state index in [9.17, 15) is 25.2 Å². The van der Waals surface area contributed by atoms with E-state index in [2.05, 4.69) is 19.2 Å². The van der Waals surface area contributed by atoms with E-state index < -0.39 is 36.9 Å². The molecule has 0 spiro atoms. The highest BCUT2D eigenvalue weighted by Crippen LogP contribution is 2.14. The molecule has 0 fully saturated rings. The number of unbranched alkanes of at least 4 members (excludes halogenated alkanes) is 16. The summed E-state index contributed by atoms with van der Waals surface area (Å²) in [6.07, 6.45) is 18.5. The van der Waals surface area contributed by atoms with Gasteiger partial charge in [0.1, 0.15) is 12.2 Å². The summed E-state index contributed by atoms with van der Waals surface area (Å²) in [5, 5.41) is 42.9. The third-order valence-electron chi connectivity index (χ3n) is 6.82. The summed E-state index contributed by atoms with van der Waals surface area (Å²) in [5.74, 6) is -0.590. The zero-order chi connectivity index (χ0) is 25.4. The number of hydrogen-bond acceptors (Lipinski definition) is 5. The first-order valence-corrected chi connectivity index (χ1v) is 14.4. The van der Waals surface area contributed by atoms with E-state index in [4.69, 9.17) is 0 Å². The van der Waals surface area contributed by atoms with Crippen molar-refractivity contribution in [1.82, 2.24) is 5.32 Å². The molecule has 0 aromatic heterocycles. The van der Waals surface area contributed by atoms with Gasteiger partial charge in [-0.2, -0.15) is 0 Å². The van der Waals surface area contributed by atoms with Crippen LogP contribution in [0.2, 0.25) is 0 Å². The van der Waals surface area contributed by atoms with Crippen molar-refractivity contribution in [2.24, 2.45) is 0 Å². The molecule has 6 heteroatoms. The Morgan fingerprint density at radius 2 is 1.00 bits per heavy atom. The van der Waals surface area contributed by atoms with Gasteiger partial charge in [0, 0.05) is 0 Å². The Kier molecular flexibility index (Phi) is 23.5. The van der Waals surface area contributed by atoms with Gasteiger partial charge >= 0.3 is 0 Å². The first-order chi connectivity index (χ1) is 16.5. The average Bonchev–Trinajstić information content (AvgIpc) is 2.84. The van der Waals surface area contributed by atoms with Gasteiger partial charge in [0.15, 0.2) is 0 Å². The Morgan fingerprint density at radius 1 is 0.618 bits per heavy atom. The topological polar surface area (TPSA) is 110 Å². The molecule has 4 atom stereocenters. The molecule has 0 rings (SSSR count). The summed E-state index contributed by atoms with van der Waals surface area (Å²) in [7, 11) is 0. The molecule has 0 heterocycles. The number of hydrogen-bond donors (Lipinski definition) is 5. The normalized spacial score (nSPS) is 15.1. The van der Waals surface area contributed by atoms with Gasteiger partial charge in [0.25, 0.3) is 0 Å². The van der Waals surface area contributed by atoms with E-state index in [-0.39, 0.29) is 0 Å². The monoisotopic (exact) mass is 487 g/mol. The van der Waals surface area contributed by atoms with Crippen LogP contribution < -0.4 is 5.32 Å². The Hall–Kier alpha value is -0.690. The number of amides is 1. The largest absolute Gasteiger partial charge is 0.394 e. The molecule has 0 saturated carbocycles. The van der Waals surface area contributed by atoms with Crippen LogP contribution in [0.3, 0.4) is 0 Å². The second-order valence-corrected chi connectivity index (χ2v) is 10.1. The molecule has 0 aliphatic rings. The predicted octanol–water partition coefficient (Wildman–Crippen LogP) is 5.39. The molecule has 204 valence electrons. The first-order valence-electron chi connectivity index (χ1n) is 14.4. The van der Waals surface area contributed by atoms with Crippen LogP contribution in [0.4, 0.5) is 0 Å². The Balaban J connectivity index is 3.94. The van der Waals surface area contributed by atoms with E-state index >= 15 is 0 Å². The van der Waals surface area contributed by atoms with Gasteiger partial charge in [0.05, 0.1) is 18.8 Å². The van der Waals surface area contributed by atoms with Crippen molar-refractivity contribution in [2.45, 2.75) is 167 Å². The van der Waals surface area contributed by atoms with Crippen LogP contribution >= 0.6 is 0 Å². The van der Waals surface area contributed by atoms with Crippen LogP contribution in [-0.2, 0) is 4.79 Å². The molecule has 4 unspecified atom stereocenters. The second kappa shape index (κ2) is 24.0. The summed E-state index contributed by atoms with van der Waals surface area (Å²) in [6, 6.07) is -0.973. The number of carbonyl (C=O) groups excluding carboxylic acids is 1. The molecule has 0 radical (unpaired) electrons. The Labute approximate surface area is 209 Å². The lowest BCUT2D eigenvalue weighted by molar-refractivity contribution is -0.132. The van der Waals surface area contributed by atoms with Crippen LogP contribution in [0.25, 0.3) is 0 Å². The average molecular weight is 488 g/mol. The van der Waals surface area contributed by atoms with E-state index in [0.29, 0.717) is 12.8 Å². The summed E-state index contributed by atoms with van der Waals surface area (Å²) in [4.78, 5) is 12.3. The quantitative estimate of drug-likeness (QED) is 0.111. The van der Waals surface area contributed by atoms with Gasteiger partial charge in [0.2, 0.25) is 5.91 Å². The van der Waals surface area contributed by atoms with E-state index in [1.54, 1.807) is 0 Å². The van der Waals surface area contributed by atoms with Crippen molar-refractivity contribution < 1.29 is 25.2 Å². The minimum Gasteiger partial charge on any atom is -0.394 e. The van der Waals surface area contributed by atoms with Gasteiger partial charge in [-0.1, -0.05) is 129 Å². The maximum atomic E-state index is 12.3. The van der Waals surface area contributed by atoms with Crippen LogP contribution in [-0.4, -0.2) is 57.3 Å². The van der Waals surface area contributed by atoms with E-state index in [1.807, 2.05) is 0 Å². The number of aliphatic hydroxyl groups excluding tert-OH is 4. The van der Waals surface area contributed by atoms with Crippen molar-refractivity contribution in [3.8, 4) is 0 Å². The van der Waals surface area contributed by atoms with Crippen LogP contribution in [0.15, 0.2) is 0 Å². The minimum atomic E-state index is -1.25. The fourth-order valence-electron chi connectivity index (χ4n) is 4.40. The standard InChI is InChI=1S/C28H57NO5/c1-3-5-7-9-11-13-14-16-18-20-22-26(32)28(34)29-24(23-30)27(33)25(31)21-19-17-15-12-10-8-6-4-2/h24-27,30-33H,3-23H2,1-2H3,(H,29,34). The zero-order valence-electron chi connectivity index (χ0n) is 22.4. The third kappa shape index (κ3) is 18.6. The molecule has 1 amide bonds. The first kappa shape index (κ1) is 33.3. The molecule has 0 aliphatic carbocycles. The smallest absolute Gasteiger partial charge is 0.249 e. The molecular formula is C28H57NO5. The highest BCUT2D eigenvalue weighted by Gasteiger charge is 2.28. The van der Waals surface area contributed by atoms with Gasteiger partial charge in [-0.15, -0.1) is 0 Å². The summed E-state index contributed by atoms with van der Waals surface area (Å²) in [6.45, 7) is 3.95. The summed E-state index contributed by atoms with van der Waals surface area (Å²) < 4.78 is 0. The molecule has 0 aromatic rings. The zero-order valence-corrected chi connectivity index (χ0v) is 22.4. The van der Waals surface area contributed by atoms with Crippen molar-refractivity contribution in [2.75, 3.05) is 6.61 Å². The predicted molar refractivity (Wildman–Crippen MR) is 141 cm³/mol. The lowest BCUT2D eigenvalue weighted by atomic mass is 9.99. The van der Waals surface area contributed by atoms with Crippen LogP contribution in [0, 0.1) is 0 Å². The molecule has 0 bridgehead atoms. The number of aliphatic hydroxyl groups is 4. The van der Waals surface area contributed by atoms with E-state index in [1.165, 1.54) is 77.0 Å². The lowest BCUT2D eigenvalue weighted by Gasteiger charge is -2.27. The highest BCUT2D eigenvalue weighted by atomic mass is 16.3. The summed E-state index contributed by atoms with van der Waals surface area (Å²) >= 11 is 0. The molecule has 6 nitrogen and oxygen atoms in total. The Morgan fingerprint density at radius 3 is 1.41 bits per heavy atom. The van der Waals surface area contributed by atoms with Crippen molar-refractivity contribution in [3.05, 3.63) is 0 Å². The molecule has 5 N–H and O–H groups in total. The van der Waals surface area contributed by atoms with Crippen molar-refractivity contribution >= 4 is 5.91 Å². The van der Waals surface area contributed by atoms with Gasteiger partial charge in [-0.25, -0.2) is 0 Å². The third-order valence-corrected chi connectivity index (χ3v) is 6.82. The van der Waals surface area contributed by atoms with Crippen molar-refractivity contribution in [1.29, 1.82) is 0 Å². The minimum absolute atomic E-state index is 0.372. The maximum Gasteiger partial charge on any atom is 0.249 e. The SMILES string of the molecule is CCCCCCCCCCCCC(O)C(=O)NC(CO)C(O)C(O)CCCCCCCCCC. The molecule has 34 heavy (non-hydrogen) atoms. The summed E-state index contributed by atoms with van der Waals surface area (Å²) in [5.41, 5.74) is 0. The molecule has 0 aromatic carbocycles. The molecule has 0 saturated heterocycles. The van der Waals surface area contributed by atoms with Crippen LogP contribution in [0.1, 0.15) is 142 Å². The Bertz CT molecular complexity index is 449. The lowest BCUT2D eigenvalue weighted by Crippen LogP contribution is -2.53. The molecule has 0 aliphatic heterocycles. The fourth-order valence-corrected chi connectivity index (χ4v) is 4.40. The number of nitrogens with one attached hydrogen (secondary N) is 1. The molecular weight excluding hydrogens is 430 g/mol. The van der Waals surface area contributed by atoms with Gasteiger partial charge in [-0.05, 0) is 12.8 Å². The van der Waals surface area contributed by atoms with Crippen molar-refractivity contribution in [3.63, 3.8) is 0 Å². The number of rotatable bonds is 25. The number of carbonyl (C=O) groups is 1.